The molecule has 7 nitrogen and oxygen atoms in total. The van der Waals surface area contributed by atoms with Gasteiger partial charge < -0.3 is 10.1 Å². The maximum Gasteiger partial charge on any atom is 0.321 e. The zero-order chi connectivity index (χ0) is 15.8. The van der Waals surface area contributed by atoms with Gasteiger partial charge in [0.25, 0.3) is 0 Å². The van der Waals surface area contributed by atoms with E-state index in [4.69, 9.17) is 11.6 Å². The molecule has 0 bridgehead atoms. The van der Waals surface area contributed by atoms with Gasteiger partial charge in [0.2, 0.25) is 15.9 Å². The van der Waals surface area contributed by atoms with Crippen LogP contribution in [0.5, 0.6) is 0 Å². The Kier molecular flexibility index (Phi) is 4.22. The lowest BCUT2D eigenvalue weighted by Gasteiger charge is -2.17. The summed E-state index contributed by atoms with van der Waals surface area (Å²) in [5.41, 5.74) is 1.05. The van der Waals surface area contributed by atoms with E-state index in [2.05, 4.69) is 10.1 Å². The van der Waals surface area contributed by atoms with Crippen molar-refractivity contribution in [2.75, 3.05) is 26.0 Å². The molecule has 0 spiro atoms. The Labute approximate surface area is 126 Å². The van der Waals surface area contributed by atoms with Crippen LogP contribution in [-0.4, -0.2) is 45.3 Å². The van der Waals surface area contributed by atoms with Crippen LogP contribution in [0.15, 0.2) is 17.0 Å². The number of halogens is 1. The minimum Gasteiger partial charge on any atom is -0.468 e. The van der Waals surface area contributed by atoms with Crippen molar-refractivity contribution in [3.8, 4) is 0 Å². The molecule has 1 aliphatic heterocycles. The Morgan fingerprint density at radius 2 is 2.14 bits per heavy atom. The Morgan fingerprint density at radius 3 is 2.76 bits per heavy atom. The summed E-state index contributed by atoms with van der Waals surface area (Å²) in [6, 6.07) is 2.74. The lowest BCUT2D eigenvalue weighted by molar-refractivity contribution is -0.140. The number of carbonyl (C=O) groups excluding carboxylic acids is 2. The van der Waals surface area contributed by atoms with Crippen molar-refractivity contribution in [3.05, 3.63) is 22.7 Å². The SMILES string of the molecule is COC(=O)CN(C)S(=O)(=O)c1cc2c(cc1Cl)NC(=O)C2. The smallest absolute Gasteiger partial charge is 0.321 e. The van der Waals surface area contributed by atoms with E-state index in [1.165, 1.54) is 26.3 Å². The summed E-state index contributed by atoms with van der Waals surface area (Å²) in [4.78, 5) is 22.4. The van der Waals surface area contributed by atoms with Gasteiger partial charge >= 0.3 is 5.97 Å². The second-order valence-electron chi connectivity index (χ2n) is 4.50. The largest absolute Gasteiger partial charge is 0.468 e. The highest BCUT2D eigenvalue weighted by Gasteiger charge is 2.29. The van der Waals surface area contributed by atoms with Gasteiger partial charge in [-0.15, -0.1) is 0 Å². The Hall–Kier alpha value is -1.64. The highest BCUT2D eigenvalue weighted by molar-refractivity contribution is 7.89. The number of amides is 1. The first-order valence-corrected chi connectivity index (χ1v) is 7.73. The maximum absolute atomic E-state index is 12.4. The molecule has 0 unspecified atom stereocenters. The van der Waals surface area contributed by atoms with Crippen molar-refractivity contribution < 1.29 is 22.7 Å². The van der Waals surface area contributed by atoms with Gasteiger partial charge in [0, 0.05) is 12.7 Å². The van der Waals surface area contributed by atoms with Gasteiger partial charge in [-0.2, -0.15) is 4.31 Å². The van der Waals surface area contributed by atoms with E-state index in [0.29, 0.717) is 11.3 Å². The van der Waals surface area contributed by atoms with Crippen LogP contribution < -0.4 is 5.32 Å². The number of anilines is 1. The molecule has 0 aliphatic carbocycles. The monoisotopic (exact) mass is 332 g/mol. The molecule has 0 aromatic heterocycles. The molecule has 1 N–H and O–H groups in total. The molecule has 2 rings (SSSR count). The van der Waals surface area contributed by atoms with Crippen LogP contribution >= 0.6 is 11.6 Å². The maximum atomic E-state index is 12.4. The standard InChI is InChI=1S/C12H13ClN2O5S/c1-15(6-12(17)20-2)21(18,19)10-3-7-4-11(16)14-9(7)5-8(10)13/h3,5H,4,6H2,1-2H3,(H,14,16). The molecule has 9 heteroatoms. The summed E-state index contributed by atoms with van der Waals surface area (Å²) in [6.45, 7) is -0.427. The normalized spacial score (nSPS) is 14.0. The van der Waals surface area contributed by atoms with Gasteiger partial charge in [-0.1, -0.05) is 11.6 Å². The van der Waals surface area contributed by atoms with Gasteiger partial charge in [0.1, 0.15) is 11.4 Å². The molecule has 0 saturated heterocycles. The Bertz CT molecular complexity index is 717. The molecule has 0 fully saturated rings. The third-order valence-electron chi connectivity index (χ3n) is 3.05. The van der Waals surface area contributed by atoms with Gasteiger partial charge in [-0.3, -0.25) is 9.59 Å². The number of nitrogens with one attached hydrogen (secondary N) is 1. The molecule has 21 heavy (non-hydrogen) atoms. The minimum atomic E-state index is -3.95. The van der Waals surface area contributed by atoms with Crippen LogP contribution in [0.4, 0.5) is 5.69 Å². The second-order valence-corrected chi connectivity index (χ2v) is 6.92. The highest BCUT2D eigenvalue weighted by Crippen LogP contribution is 2.33. The van der Waals surface area contributed by atoms with Crippen LogP contribution in [0, 0.1) is 0 Å². The second kappa shape index (κ2) is 5.63. The van der Waals surface area contributed by atoms with Crippen molar-refractivity contribution in [3.63, 3.8) is 0 Å². The molecule has 1 amide bonds. The molecule has 1 heterocycles. The van der Waals surface area contributed by atoms with E-state index < -0.39 is 22.5 Å². The summed E-state index contributed by atoms with van der Waals surface area (Å²) in [5.74, 6) is -0.909. The zero-order valence-electron chi connectivity index (χ0n) is 11.3. The molecule has 0 atom stereocenters. The number of esters is 1. The summed E-state index contributed by atoms with van der Waals surface area (Å²) in [6.07, 6.45) is 0.0930. The van der Waals surface area contributed by atoms with E-state index in [1.807, 2.05) is 0 Å². The number of ether oxygens (including phenoxy) is 1. The van der Waals surface area contributed by atoms with E-state index in [1.54, 1.807) is 0 Å². The summed E-state index contributed by atoms with van der Waals surface area (Å²) in [7, 11) is -1.53. The third kappa shape index (κ3) is 3.02. The first-order valence-electron chi connectivity index (χ1n) is 5.91. The van der Waals surface area contributed by atoms with Gasteiger partial charge in [0.15, 0.2) is 0 Å². The number of fused-ring (bicyclic) bond motifs is 1. The van der Waals surface area contributed by atoms with E-state index in [9.17, 15) is 18.0 Å². The molecular formula is C12H13ClN2O5S. The van der Waals surface area contributed by atoms with E-state index in [-0.39, 0.29) is 22.2 Å². The van der Waals surface area contributed by atoms with Crippen LogP contribution in [0.3, 0.4) is 0 Å². The Balaban J connectivity index is 2.39. The number of benzene rings is 1. The van der Waals surface area contributed by atoms with Crippen molar-refractivity contribution in [1.29, 1.82) is 0 Å². The molecule has 1 aromatic rings. The average Bonchev–Trinajstić information content (AvgIpc) is 2.76. The van der Waals surface area contributed by atoms with Crippen molar-refractivity contribution in [1.82, 2.24) is 4.31 Å². The van der Waals surface area contributed by atoms with Gasteiger partial charge in [-0.05, 0) is 17.7 Å². The fourth-order valence-corrected chi connectivity index (χ4v) is 3.59. The number of methoxy groups -OCH3 is 1. The predicted octanol–water partition coefficient (Wildman–Crippen LogP) is 0.628. The summed E-state index contributed by atoms with van der Waals surface area (Å²) >= 11 is 5.98. The predicted molar refractivity (Wildman–Crippen MR) is 75.6 cm³/mol. The van der Waals surface area contributed by atoms with E-state index >= 15 is 0 Å². The molecule has 114 valence electrons. The van der Waals surface area contributed by atoms with Crippen LogP contribution in [0.1, 0.15) is 5.56 Å². The average molecular weight is 333 g/mol. The number of carbonyl (C=O) groups is 2. The fraction of sp³-hybridized carbons (Fsp3) is 0.333. The summed E-state index contributed by atoms with van der Waals surface area (Å²) < 4.78 is 30.1. The number of hydrogen-bond acceptors (Lipinski definition) is 5. The quantitative estimate of drug-likeness (QED) is 0.816. The third-order valence-corrected chi connectivity index (χ3v) is 5.32. The highest BCUT2D eigenvalue weighted by atomic mass is 35.5. The lowest BCUT2D eigenvalue weighted by Crippen LogP contribution is -2.33. The number of rotatable bonds is 4. The number of likely N-dealkylation sites (N-methyl/N-ethyl adjacent to an activating group) is 1. The number of sulfonamides is 1. The topological polar surface area (TPSA) is 92.8 Å². The summed E-state index contributed by atoms with van der Waals surface area (Å²) in [5, 5.41) is 2.56. The first-order chi connectivity index (χ1) is 9.75. The van der Waals surface area contributed by atoms with Crippen molar-refractivity contribution >= 4 is 39.2 Å². The van der Waals surface area contributed by atoms with Gasteiger partial charge in [0.05, 0.1) is 18.6 Å². The van der Waals surface area contributed by atoms with Crippen molar-refractivity contribution in [2.45, 2.75) is 11.3 Å². The molecular weight excluding hydrogens is 320 g/mol. The molecule has 1 aliphatic rings. The Morgan fingerprint density at radius 1 is 1.48 bits per heavy atom. The molecule has 1 aromatic carbocycles. The number of hydrogen-bond donors (Lipinski definition) is 1. The van der Waals surface area contributed by atoms with Crippen LogP contribution in [-0.2, 0) is 30.8 Å². The number of nitrogens with zero attached hydrogens (tertiary/aromatic N) is 1. The van der Waals surface area contributed by atoms with Crippen molar-refractivity contribution in [2.24, 2.45) is 0 Å². The van der Waals surface area contributed by atoms with Crippen LogP contribution in [0.2, 0.25) is 5.02 Å². The van der Waals surface area contributed by atoms with Crippen LogP contribution in [0.25, 0.3) is 0 Å². The lowest BCUT2D eigenvalue weighted by atomic mass is 10.2. The molecule has 0 saturated carbocycles. The fourth-order valence-electron chi connectivity index (χ4n) is 1.92. The van der Waals surface area contributed by atoms with Gasteiger partial charge in [-0.25, -0.2) is 8.42 Å². The zero-order valence-corrected chi connectivity index (χ0v) is 12.9. The van der Waals surface area contributed by atoms with E-state index in [0.717, 1.165) is 4.31 Å². The molecule has 0 radical (unpaired) electrons. The minimum absolute atomic E-state index is 0.0207. The first kappa shape index (κ1) is 15.7.